The molecule has 11 heteroatoms. The van der Waals surface area contributed by atoms with Gasteiger partial charge in [0.15, 0.2) is 0 Å². The maximum atomic E-state index is 13.1. The molecule has 1 aromatic heterocycles. The van der Waals surface area contributed by atoms with Crippen LogP contribution < -0.4 is 10.6 Å². The van der Waals surface area contributed by atoms with Gasteiger partial charge >= 0.3 is 12.2 Å². The maximum absolute atomic E-state index is 13.1. The molecule has 1 saturated heterocycles. The van der Waals surface area contributed by atoms with Crippen molar-refractivity contribution in [3.63, 3.8) is 0 Å². The van der Waals surface area contributed by atoms with Crippen LogP contribution in [0, 0.1) is 0 Å². The zero-order valence-corrected chi connectivity index (χ0v) is 20.6. The third-order valence-corrected chi connectivity index (χ3v) is 6.49. The van der Waals surface area contributed by atoms with Gasteiger partial charge in [-0.15, -0.1) is 0 Å². The van der Waals surface area contributed by atoms with E-state index in [4.69, 9.17) is 0 Å². The Morgan fingerprint density at radius 1 is 0.842 bits per heavy atom. The zero-order chi connectivity index (χ0) is 27.2. The van der Waals surface area contributed by atoms with Crippen LogP contribution in [0.1, 0.15) is 16.7 Å². The van der Waals surface area contributed by atoms with Crippen molar-refractivity contribution in [2.24, 2.45) is 0 Å². The van der Waals surface area contributed by atoms with Crippen molar-refractivity contribution >= 4 is 17.4 Å². The van der Waals surface area contributed by atoms with Gasteiger partial charge in [-0.3, -0.25) is 14.8 Å². The van der Waals surface area contributed by atoms with E-state index in [-0.39, 0.29) is 6.03 Å². The molecule has 4 rings (SSSR count). The number of nitrogens with zero attached hydrogens (tertiary/aromatic N) is 3. The number of carbonyl (C=O) groups is 1. The zero-order valence-electron chi connectivity index (χ0n) is 20.6. The number of aliphatic hydroxyl groups is 1. The number of halogens is 4. The van der Waals surface area contributed by atoms with Gasteiger partial charge in [0.2, 0.25) is 5.60 Å². The van der Waals surface area contributed by atoms with Crippen molar-refractivity contribution in [1.29, 1.82) is 0 Å². The van der Waals surface area contributed by atoms with Crippen molar-refractivity contribution in [3.05, 3.63) is 89.7 Å². The first kappa shape index (κ1) is 27.5. The molecule has 1 unspecified atom stereocenters. The van der Waals surface area contributed by atoms with E-state index >= 15 is 0 Å². The van der Waals surface area contributed by atoms with E-state index in [1.165, 1.54) is 12.1 Å². The first-order valence-corrected chi connectivity index (χ1v) is 12.1. The summed E-state index contributed by atoms with van der Waals surface area (Å²) in [5.41, 5.74) is -0.831. The molecule has 38 heavy (non-hydrogen) atoms. The molecule has 2 heterocycles. The van der Waals surface area contributed by atoms with E-state index < -0.39 is 24.0 Å². The second kappa shape index (κ2) is 11.9. The predicted molar refractivity (Wildman–Crippen MR) is 136 cm³/mol. The first-order chi connectivity index (χ1) is 18.2. The summed E-state index contributed by atoms with van der Waals surface area (Å²) in [6.45, 7) is 2.46. The van der Waals surface area contributed by atoms with E-state index in [0.717, 1.165) is 49.4 Å². The average Bonchev–Trinajstić information content (AvgIpc) is 2.90. The average molecular weight is 532 g/mol. The molecule has 1 atom stereocenters. The number of urea groups is 1. The second-order valence-corrected chi connectivity index (χ2v) is 9.26. The van der Waals surface area contributed by atoms with Gasteiger partial charge in [-0.1, -0.05) is 36.4 Å². The summed E-state index contributed by atoms with van der Waals surface area (Å²) in [5, 5.41) is 15.4. The molecule has 0 saturated carbocycles. The molecule has 2 amide bonds. The van der Waals surface area contributed by atoms with Gasteiger partial charge in [0.1, 0.15) is 6.67 Å². The smallest absolute Gasteiger partial charge is 0.374 e. The Kier molecular flexibility index (Phi) is 8.60. The minimum Gasteiger partial charge on any atom is -0.374 e. The number of hydrogen-bond acceptors (Lipinski definition) is 5. The number of carbonyl (C=O) groups excluding carboxylic acids is 1. The highest BCUT2D eigenvalue weighted by molar-refractivity contribution is 5.99. The van der Waals surface area contributed by atoms with Gasteiger partial charge in [0.05, 0.1) is 0 Å². The summed E-state index contributed by atoms with van der Waals surface area (Å²) in [5.74, 6) is 0. The van der Waals surface area contributed by atoms with E-state index in [2.05, 4.69) is 25.4 Å². The van der Waals surface area contributed by atoms with E-state index in [9.17, 15) is 27.5 Å². The summed E-state index contributed by atoms with van der Waals surface area (Å²) >= 11 is 0. The molecule has 3 N–H and O–H groups in total. The topological polar surface area (TPSA) is 80.7 Å². The number of nitrogens with one attached hydrogen (secondary N) is 2. The Labute approximate surface area is 218 Å². The van der Waals surface area contributed by atoms with E-state index in [0.29, 0.717) is 24.5 Å². The number of alkyl halides is 4. The molecule has 0 bridgehead atoms. The Balaban J connectivity index is 1.26. The minimum absolute atomic E-state index is 0.345. The van der Waals surface area contributed by atoms with Crippen LogP contribution in [0.2, 0.25) is 0 Å². The van der Waals surface area contributed by atoms with Gasteiger partial charge in [0.25, 0.3) is 0 Å². The normalized spacial score (nSPS) is 16.6. The number of rotatable bonds is 8. The minimum atomic E-state index is -5.10. The van der Waals surface area contributed by atoms with Crippen LogP contribution in [0.25, 0.3) is 0 Å². The SMILES string of the molecule is O=C(Nc1ccncc1)Nc1cccc(CN2CCN(Cc3ccc(C(O)(CF)C(F)(F)F)cc3)CC2)c1. The summed E-state index contributed by atoms with van der Waals surface area (Å²) in [6.07, 6.45) is -1.90. The fourth-order valence-electron chi connectivity index (χ4n) is 4.30. The number of benzene rings is 2. The van der Waals surface area contributed by atoms with Gasteiger partial charge in [-0.2, -0.15) is 13.2 Å². The number of pyridine rings is 1. The van der Waals surface area contributed by atoms with Crippen LogP contribution in [0.5, 0.6) is 0 Å². The molecular formula is C27H29F4N5O2. The van der Waals surface area contributed by atoms with Crippen LogP contribution >= 0.6 is 0 Å². The highest BCUT2D eigenvalue weighted by atomic mass is 19.4. The number of piperazine rings is 1. The van der Waals surface area contributed by atoms with E-state index in [1.54, 1.807) is 24.5 Å². The molecule has 0 radical (unpaired) electrons. The van der Waals surface area contributed by atoms with Crippen LogP contribution in [0.15, 0.2) is 73.1 Å². The van der Waals surface area contributed by atoms with Gasteiger partial charge in [0, 0.05) is 63.0 Å². The Hall–Kier alpha value is -3.54. The van der Waals surface area contributed by atoms with Gasteiger partial charge in [-0.05, 0) is 41.0 Å². The third-order valence-electron chi connectivity index (χ3n) is 6.49. The molecule has 3 aromatic rings. The van der Waals surface area contributed by atoms with Crippen molar-refractivity contribution < 1.29 is 27.5 Å². The summed E-state index contributed by atoms with van der Waals surface area (Å²) < 4.78 is 52.3. The lowest BCUT2D eigenvalue weighted by Gasteiger charge is -2.35. The van der Waals surface area contributed by atoms with Crippen LogP contribution in [0.3, 0.4) is 0 Å². The largest absolute Gasteiger partial charge is 0.424 e. The molecule has 0 aliphatic carbocycles. The van der Waals surface area contributed by atoms with Crippen LogP contribution in [-0.2, 0) is 18.7 Å². The van der Waals surface area contributed by atoms with Crippen LogP contribution in [-0.4, -0.2) is 65.0 Å². The molecule has 1 aliphatic heterocycles. The lowest BCUT2D eigenvalue weighted by atomic mass is 9.93. The summed E-state index contributed by atoms with van der Waals surface area (Å²) in [4.78, 5) is 20.7. The third kappa shape index (κ3) is 6.85. The summed E-state index contributed by atoms with van der Waals surface area (Å²) in [7, 11) is 0. The second-order valence-electron chi connectivity index (χ2n) is 9.26. The fourth-order valence-corrected chi connectivity index (χ4v) is 4.30. The molecule has 202 valence electrons. The number of amides is 2. The van der Waals surface area contributed by atoms with Crippen molar-refractivity contribution in [2.75, 3.05) is 43.5 Å². The quantitative estimate of drug-likeness (QED) is 0.365. The summed E-state index contributed by atoms with van der Waals surface area (Å²) in [6, 6.07) is 16.0. The lowest BCUT2D eigenvalue weighted by molar-refractivity contribution is -0.271. The fraction of sp³-hybridized carbons (Fsp3) is 0.333. The van der Waals surface area contributed by atoms with Crippen molar-refractivity contribution in [3.8, 4) is 0 Å². The standard InChI is InChI=1S/C27H29F4N5O2/c28-19-26(38,27(29,30)31)22-6-4-20(5-7-22)17-35-12-14-36(15-13-35)18-21-2-1-3-24(16-21)34-25(37)33-23-8-10-32-11-9-23/h1-11,16,38H,12-15,17-19H2,(H2,32,33,34,37). The monoisotopic (exact) mass is 531 g/mol. The number of anilines is 2. The highest BCUT2D eigenvalue weighted by Crippen LogP contribution is 2.39. The predicted octanol–water partition coefficient (Wildman–Crippen LogP) is 4.76. The molecule has 1 aliphatic rings. The van der Waals surface area contributed by atoms with Crippen molar-refractivity contribution in [1.82, 2.24) is 14.8 Å². The maximum Gasteiger partial charge on any atom is 0.424 e. The molecule has 2 aromatic carbocycles. The Morgan fingerprint density at radius 3 is 2.00 bits per heavy atom. The molecule has 1 fully saturated rings. The van der Waals surface area contributed by atoms with Crippen LogP contribution in [0.4, 0.5) is 33.7 Å². The van der Waals surface area contributed by atoms with E-state index in [1.807, 2.05) is 24.3 Å². The Morgan fingerprint density at radius 2 is 1.42 bits per heavy atom. The molecule has 7 nitrogen and oxygen atoms in total. The number of hydrogen-bond donors (Lipinski definition) is 3. The molecular weight excluding hydrogens is 502 g/mol. The Bertz CT molecular complexity index is 1200. The first-order valence-electron chi connectivity index (χ1n) is 12.1. The molecule has 0 spiro atoms. The highest BCUT2D eigenvalue weighted by Gasteiger charge is 2.55. The lowest BCUT2D eigenvalue weighted by Crippen LogP contribution is -2.45. The van der Waals surface area contributed by atoms with Gasteiger partial charge in [-0.25, -0.2) is 9.18 Å². The van der Waals surface area contributed by atoms with Crippen molar-refractivity contribution in [2.45, 2.75) is 24.9 Å². The number of aromatic nitrogens is 1. The van der Waals surface area contributed by atoms with Gasteiger partial charge < -0.3 is 15.7 Å².